The average molecular weight is 331 g/mol. The van der Waals surface area contributed by atoms with Crippen LogP contribution in [0.25, 0.3) is 10.9 Å². The maximum Gasteiger partial charge on any atom is 0.407 e. The van der Waals surface area contributed by atoms with Crippen LogP contribution in [0.3, 0.4) is 0 Å². The van der Waals surface area contributed by atoms with Gasteiger partial charge in [0.05, 0.1) is 22.9 Å². The van der Waals surface area contributed by atoms with Crippen molar-refractivity contribution in [3.63, 3.8) is 0 Å². The Labute approximate surface area is 141 Å². The summed E-state index contributed by atoms with van der Waals surface area (Å²) in [4.78, 5) is 14.2. The summed E-state index contributed by atoms with van der Waals surface area (Å²) in [6, 6.07) is 3.87. The number of hydrogen-bond acceptors (Lipinski definition) is 5. The van der Waals surface area contributed by atoms with E-state index < -0.39 is 5.60 Å². The van der Waals surface area contributed by atoms with Gasteiger partial charge < -0.3 is 20.7 Å². The molecule has 2 aromatic rings. The van der Waals surface area contributed by atoms with Crippen LogP contribution in [-0.2, 0) is 11.8 Å². The lowest BCUT2D eigenvalue weighted by Crippen LogP contribution is -2.40. The highest BCUT2D eigenvalue weighted by Crippen LogP contribution is 2.34. The molecule has 0 saturated carbocycles. The van der Waals surface area contributed by atoms with Crippen molar-refractivity contribution >= 4 is 28.4 Å². The predicted molar refractivity (Wildman–Crippen MR) is 95.1 cm³/mol. The summed E-state index contributed by atoms with van der Waals surface area (Å²) >= 11 is 0. The van der Waals surface area contributed by atoms with Crippen molar-refractivity contribution < 1.29 is 9.53 Å². The van der Waals surface area contributed by atoms with E-state index in [0.717, 1.165) is 35.2 Å². The number of nitrogens with zero attached hydrogens (tertiary/aromatic N) is 3. The minimum Gasteiger partial charge on any atom is -0.444 e. The van der Waals surface area contributed by atoms with E-state index >= 15 is 0 Å². The van der Waals surface area contributed by atoms with Crippen molar-refractivity contribution in [2.75, 3.05) is 23.7 Å². The van der Waals surface area contributed by atoms with Crippen molar-refractivity contribution in [1.82, 2.24) is 15.1 Å². The van der Waals surface area contributed by atoms with Gasteiger partial charge in [0.15, 0.2) is 0 Å². The van der Waals surface area contributed by atoms with Gasteiger partial charge in [-0.25, -0.2) is 4.79 Å². The average Bonchev–Trinajstić information content (AvgIpc) is 3.02. The molecule has 3 N–H and O–H groups in total. The Hall–Kier alpha value is -2.44. The van der Waals surface area contributed by atoms with Crippen molar-refractivity contribution in [3.05, 3.63) is 18.3 Å². The third-order valence-corrected chi connectivity index (χ3v) is 4.03. The molecular weight excluding hydrogens is 306 g/mol. The van der Waals surface area contributed by atoms with Crippen LogP contribution in [0.4, 0.5) is 16.2 Å². The number of rotatable bonds is 2. The molecule has 2 heterocycles. The second-order valence-corrected chi connectivity index (χ2v) is 7.32. The van der Waals surface area contributed by atoms with Gasteiger partial charge in [0.2, 0.25) is 0 Å². The van der Waals surface area contributed by atoms with Crippen LogP contribution in [0.1, 0.15) is 27.2 Å². The van der Waals surface area contributed by atoms with Crippen LogP contribution >= 0.6 is 0 Å². The molecule has 1 atom stereocenters. The first kappa shape index (κ1) is 16.4. The first-order valence-electron chi connectivity index (χ1n) is 8.19. The van der Waals surface area contributed by atoms with E-state index in [2.05, 4.69) is 15.3 Å². The summed E-state index contributed by atoms with van der Waals surface area (Å²) in [5.74, 6) is 0. The summed E-state index contributed by atoms with van der Waals surface area (Å²) in [5, 5.41) is 8.42. The van der Waals surface area contributed by atoms with E-state index in [0.29, 0.717) is 6.54 Å². The fraction of sp³-hybridized carbons (Fsp3) is 0.529. The Kier molecular flexibility index (Phi) is 4.03. The fourth-order valence-electron chi connectivity index (χ4n) is 3.12. The van der Waals surface area contributed by atoms with Crippen LogP contribution in [0.15, 0.2) is 18.3 Å². The quantitative estimate of drug-likeness (QED) is 0.825. The number of carbonyl (C=O) groups is 1. The molecular formula is C17H25N5O2. The number of hydrogen-bond donors (Lipinski definition) is 2. The summed E-state index contributed by atoms with van der Waals surface area (Å²) < 4.78 is 7.12. The Morgan fingerprint density at radius 2 is 2.17 bits per heavy atom. The lowest BCUT2D eigenvalue weighted by Gasteiger charge is -2.23. The third kappa shape index (κ3) is 3.39. The number of nitrogens with two attached hydrogens (primary N) is 1. The van der Waals surface area contributed by atoms with Gasteiger partial charge in [-0.1, -0.05) is 0 Å². The number of aryl methyl sites for hydroxylation is 1. The maximum atomic E-state index is 12.0. The number of benzene rings is 1. The standard InChI is InChI=1S/C17H25N5O2/c1-17(2,3)24-16(23)19-11-7-8-22(9-11)15-12-10-21(4)20-14(12)6-5-13(15)18/h5-6,10-11H,7-9,18H2,1-4H3,(H,19,23). The SMILES string of the molecule is Cn1cc2c(N3CCC(NC(=O)OC(C)(C)C)C3)c(N)ccc2n1. The molecule has 1 unspecified atom stereocenters. The molecule has 1 amide bonds. The van der Waals surface area contributed by atoms with Gasteiger partial charge in [-0.15, -0.1) is 0 Å². The number of amides is 1. The van der Waals surface area contributed by atoms with E-state index in [9.17, 15) is 4.79 Å². The first-order chi connectivity index (χ1) is 11.2. The van der Waals surface area contributed by atoms with Gasteiger partial charge in [0.1, 0.15) is 5.60 Å². The molecule has 0 bridgehead atoms. The lowest BCUT2D eigenvalue weighted by atomic mass is 10.1. The summed E-state index contributed by atoms with van der Waals surface area (Å²) in [6.45, 7) is 7.11. The molecule has 1 saturated heterocycles. The minimum atomic E-state index is -0.492. The largest absolute Gasteiger partial charge is 0.444 e. The van der Waals surface area contributed by atoms with Gasteiger partial charge in [-0.05, 0) is 39.3 Å². The zero-order valence-corrected chi connectivity index (χ0v) is 14.7. The van der Waals surface area contributed by atoms with E-state index in [1.165, 1.54) is 0 Å². The summed E-state index contributed by atoms with van der Waals surface area (Å²) in [6.07, 6.45) is 2.47. The molecule has 1 fully saturated rings. The number of anilines is 2. The Balaban J connectivity index is 1.74. The molecule has 7 heteroatoms. The highest BCUT2D eigenvalue weighted by atomic mass is 16.6. The van der Waals surface area contributed by atoms with Crippen LogP contribution in [0, 0.1) is 0 Å². The zero-order valence-electron chi connectivity index (χ0n) is 14.7. The molecule has 1 aliphatic rings. The first-order valence-corrected chi connectivity index (χ1v) is 8.19. The van der Waals surface area contributed by atoms with Gasteiger partial charge in [-0.2, -0.15) is 5.10 Å². The van der Waals surface area contributed by atoms with Crippen LogP contribution in [0.2, 0.25) is 0 Å². The van der Waals surface area contributed by atoms with E-state index in [-0.39, 0.29) is 12.1 Å². The number of nitrogens with one attached hydrogen (secondary N) is 1. The van der Waals surface area contributed by atoms with Crippen LogP contribution in [-0.4, -0.2) is 40.6 Å². The molecule has 1 aliphatic heterocycles. The molecule has 0 aliphatic carbocycles. The number of ether oxygens (including phenoxy) is 1. The van der Waals surface area contributed by atoms with Gasteiger partial charge >= 0.3 is 6.09 Å². The van der Waals surface area contributed by atoms with Gasteiger partial charge in [0.25, 0.3) is 0 Å². The number of fused-ring (bicyclic) bond motifs is 1. The third-order valence-electron chi connectivity index (χ3n) is 4.03. The maximum absolute atomic E-state index is 12.0. The van der Waals surface area contributed by atoms with Crippen LogP contribution < -0.4 is 16.0 Å². The molecule has 0 spiro atoms. The number of nitrogen functional groups attached to an aromatic ring is 1. The Bertz CT molecular complexity index is 762. The highest BCUT2D eigenvalue weighted by Gasteiger charge is 2.28. The number of carbonyl (C=O) groups excluding carboxylic acids is 1. The molecule has 7 nitrogen and oxygen atoms in total. The molecule has 0 radical (unpaired) electrons. The van der Waals surface area contributed by atoms with E-state index in [1.54, 1.807) is 4.68 Å². The monoisotopic (exact) mass is 331 g/mol. The smallest absolute Gasteiger partial charge is 0.407 e. The molecule has 3 rings (SSSR count). The van der Waals surface area contributed by atoms with Gasteiger partial charge in [0, 0.05) is 31.7 Å². The summed E-state index contributed by atoms with van der Waals surface area (Å²) in [5.41, 5.74) is 8.37. The minimum absolute atomic E-state index is 0.0474. The van der Waals surface area contributed by atoms with Gasteiger partial charge in [-0.3, -0.25) is 4.68 Å². The van der Waals surface area contributed by atoms with E-state index in [1.807, 2.05) is 46.1 Å². The zero-order chi connectivity index (χ0) is 17.5. The Morgan fingerprint density at radius 3 is 2.88 bits per heavy atom. The fourth-order valence-corrected chi connectivity index (χ4v) is 3.12. The number of alkyl carbamates (subject to hydrolysis) is 1. The Morgan fingerprint density at radius 1 is 1.42 bits per heavy atom. The van der Waals surface area contributed by atoms with Crippen LogP contribution in [0.5, 0.6) is 0 Å². The second kappa shape index (κ2) is 5.89. The summed E-state index contributed by atoms with van der Waals surface area (Å²) in [7, 11) is 1.90. The molecule has 1 aromatic carbocycles. The normalized spacial score (nSPS) is 18.2. The highest BCUT2D eigenvalue weighted by molar-refractivity contribution is 5.98. The predicted octanol–water partition coefficient (Wildman–Crippen LogP) is 2.26. The molecule has 1 aromatic heterocycles. The van der Waals surface area contributed by atoms with Crippen molar-refractivity contribution in [1.29, 1.82) is 0 Å². The second-order valence-electron chi connectivity index (χ2n) is 7.32. The number of aromatic nitrogens is 2. The van der Waals surface area contributed by atoms with Crippen molar-refractivity contribution in [2.24, 2.45) is 7.05 Å². The topological polar surface area (TPSA) is 85.4 Å². The van der Waals surface area contributed by atoms with Crippen molar-refractivity contribution in [3.8, 4) is 0 Å². The van der Waals surface area contributed by atoms with E-state index in [4.69, 9.17) is 10.5 Å². The lowest BCUT2D eigenvalue weighted by molar-refractivity contribution is 0.0509. The molecule has 130 valence electrons. The van der Waals surface area contributed by atoms with Crippen molar-refractivity contribution in [2.45, 2.75) is 38.8 Å². The molecule has 24 heavy (non-hydrogen) atoms.